The first-order valence-corrected chi connectivity index (χ1v) is 15.9. The molecular weight excluding hydrogens is 616 g/mol. The standard InChI is InChI=1S/C33H50N10O5/c1-5-7-13-24(28(34)44)41-31(47)26(16-11-17-38-33(35)36)42-32(48)27(18-21-19-39-23-15-10-9-12-22(21)23)43-29(45)20(3)40-30(46)25(37-4)14-8-6-2/h5-10,12,15,19-20,24-27,37,39H,11,13-14,16-18H2,1-4H3,(H2,34,44)(H,40,46)(H,41,47)(H,42,48)(H,43,45)(H4,35,36,38)/t20-,24-,25-,26-,27-/m0/s1. The highest BCUT2D eigenvalue weighted by Gasteiger charge is 2.31. The molecule has 0 aliphatic heterocycles. The summed E-state index contributed by atoms with van der Waals surface area (Å²) in [5.41, 5.74) is 18.0. The SMILES string of the molecule is CC=CC[C@H](NC(=O)[C@H](CCCN=C(N)N)NC(=O)[C@H](Cc1c[nH]c2ccccc12)NC(=O)[C@H](C)NC(=O)[C@H](CC=CC)NC)C(N)=O. The minimum Gasteiger partial charge on any atom is -0.370 e. The molecule has 2 aromatic rings. The number of allylic oxidation sites excluding steroid dienone is 2. The first kappa shape index (κ1) is 39.0. The number of nitrogens with zero attached hydrogens (tertiary/aromatic N) is 1. The quantitative estimate of drug-likeness (QED) is 0.0393. The molecule has 2 rings (SSSR count). The fraction of sp³-hybridized carbons (Fsp3) is 0.455. The lowest BCUT2D eigenvalue weighted by atomic mass is 10.0. The zero-order valence-corrected chi connectivity index (χ0v) is 28.0. The Balaban J connectivity index is 2.35. The van der Waals surface area contributed by atoms with Crippen molar-refractivity contribution in [3.63, 3.8) is 0 Å². The molecule has 0 unspecified atom stereocenters. The van der Waals surface area contributed by atoms with Crippen molar-refractivity contribution in [2.45, 2.75) is 83.1 Å². The van der Waals surface area contributed by atoms with Gasteiger partial charge in [-0.1, -0.05) is 42.5 Å². The molecule has 262 valence electrons. The van der Waals surface area contributed by atoms with Gasteiger partial charge in [-0.2, -0.15) is 0 Å². The van der Waals surface area contributed by atoms with Crippen LogP contribution >= 0.6 is 0 Å². The molecule has 0 radical (unpaired) electrons. The summed E-state index contributed by atoms with van der Waals surface area (Å²) in [7, 11) is 1.65. The number of amides is 5. The van der Waals surface area contributed by atoms with Gasteiger partial charge in [0.2, 0.25) is 29.5 Å². The molecule has 15 heteroatoms. The molecular formula is C33H50N10O5. The number of H-pyrrole nitrogens is 1. The maximum Gasteiger partial charge on any atom is 0.243 e. The predicted octanol–water partition coefficient (Wildman–Crippen LogP) is -0.271. The average molecular weight is 667 g/mol. The van der Waals surface area contributed by atoms with E-state index in [1.807, 2.05) is 43.3 Å². The molecule has 0 saturated carbocycles. The maximum absolute atomic E-state index is 13.9. The van der Waals surface area contributed by atoms with Crippen LogP contribution in [0, 0.1) is 0 Å². The number of primary amides is 1. The second-order valence-corrected chi connectivity index (χ2v) is 11.3. The summed E-state index contributed by atoms with van der Waals surface area (Å²) >= 11 is 0. The van der Waals surface area contributed by atoms with E-state index >= 15 is 0 Å². The number of rotatable bonds is 20. The zero-order chi connectivity index (χ0) is 35.6. The first-order chi connectivity index (χ1) is 22.9. The van der Waals surface area contributed by atoms with Crippen molar-refractivity contribution in [3.8, 4) is 0 Å². The van der Waals surface area contributed by atoms with Crippen LogP contribution in [-0.4, -0.2) is 84.3 Å². The number of nitrogens with two attached hydrogens (primary N) is 3. The molecule has 0 aliphatic carbocycles. The highest BCUT2D eigenvalue weighted by Crippen LogP contribution is 2.19. The average Bonchev–Trinajstić information content (AvgIpc) is 3.46. The van der Waals surface area contributed by atoms with Crippen molar-refractivity contribution >= 4 is 46.4 Å². The number of nitrogens with one attached hydrogen (secondary N) is 6. The van der Waals surface area contributed by atoms with E-state index < -0.39 is 53.8 Å². The summed E-state index contributed by atoms with van der Waals surface area (Å²) in [6.07, 6.45) is 9.91. The Morgan fingerprint density at radius 3 is 2.02 bits per heavy atom. The molecule has 12 N–H and O–H groups in total. The largest absolute Gasteiger partial charge is 0.370 e. The monoisotopic (exact) mass is 666 g/mol. The number of aromatic nitrogens is 1. The molecule has 0 spiro atoms. The van der Waals surface area contributed by atoms with Gasteiger partial charge in [0.05, 0.1) is 6.04 Å². The maximum atomic E-state index is 13.9. The van der Waals surface area contributed by atoms with Crippen LogP contribution in [0.5, 0.6) is 0 Å². The van der Waals surface area contributed by atoms with E-state index in [9.17, 15) is 24.0 Å². The number of hydrogen-bond donors (Lipinski definition) is 9. The summed E-state index contributed by atoms with van der Waals surface area (Å²) in [5.74, 6) is -3.13. The van der Waals surface area contributed by atoms with Gasteiger partial charge in [0.1, 0.15) is 24.2 Å². The highest BCUT2D eigenvalue weighted by molar-refractivity contribution is 5.96. The summed E-state index contributed by atoms with van der Waals surface area (Å²) in [6.45, 7) is 5.32. The van der Waals surface area contributed by atoms with Gasteiger partial charge in [-0.25, -0.2) is 0 Å². The number of benzene rings is 1. The molecule has 0 fully saturated rings. The predicted molar refractivity (Wildman–Crippen MR) is 186 cm³/mol. The molecule has 15 nitrogen and oxygen atoms in total. The molecule has 0 aliphatic rings. The van der Waals surface area contributed by atoms with E-state index in [1.165, 1.54) is 6.92 Å². The third kappa shape index (κ3) is 12.5. The van der Waals surface area contributed by atoms with Crippen molar-refractivity contribution in [1.29, 1.82) is 0 Å². The summed E-state index contributed by atoms with van der Waals surface area (Å²) in [5, 5.41) is 14.6. The Bertz CT molecular complexity index is 1480. The van der Waals surface area contributed by atoms with Crippen LogP contribution < -0.4 is 43.8 Å². The number of carbonyl (C=O) groups is 5. The molecule has 1 aromatic carbocycles. The first-order valence-electron chi connectivity index (χ1n) is 15.9. The molecule has 5 atom stereocenters. The highest BCUT2D eigenvalue weighted by atomic mass is 16.2. The van der Waals surface area contributed by atoms with E-state index in [1.54, 1.807) is 32.3 Å². The van der Waals surface area contributed by atoms with Gasteiger partial charge in [0.15, 0.2) is 5.96 Å². The van der Waals surface area contributed by atoms with E-state index in [-0.39, 0.29) is 37.7 Å². The van der Waals surface area contributed by atoms with Gasteiger partial charge < -0.3 is 48.8 Å². The minimum absolute atomic E-state index is 0.0657. The second-order valence-electron chi connectivity index (χ2n) is 11.3. The van der Waals surface area contributed by atoms with E-state index in [0.29, 0.717) is 12.8 Å². The van der Waals surface area contributed by atoms with Crippen molar-refractivity contribution < 1.29 is 24.0 Å². The van der Waals surface area contributed by atoms with Gasteiger partial charge in [-0.15, -0.1) is 0 Å². The van der Waals surface area contributed by atoms with Crippen LogP contribution in [0.4, 0.5) is 0 Å². The van der Waals surface area contributed by atoms with Crippen molar-refractivity contribution in [2.24, 2.45) is 22.2 Å². The Morgan fingerprint density at radius 2 is 1.40 bits per heavy atom. The number of fused-ring (bicyclic) bond motifs is 1. The number of aliphatic imine (C=N–C) groups is 1. The third-order valence-corrected chi connectivity index (χ3v) is 7.60. The van der Waals surface area contributed by atoms with Gasteiger partial charge in [0, 0.05) is 30.1 Å². The Labute approximate surface area is 281 Å². The third-order valence-electron chi connectivity index (χ3n) is 7.60. The topological polar surface area (TPSA) is 252 Å². The number of hydrogen-bond acceptors (Lipinski definition) is 7. The van der Waals surface area contributed by atoms with Crippen LogP contribution in [0.1, 0.15) is 52.0 Å². The number of guanidine groups is 1. The van der Waals surface area contributed by atoms with Crippen molar-refractivity contribution in [2.75, 3.05) is 13.6 Å². The summed E-state index contributed by atoms with van der Waals surface area (Å²) < 4.78 is 0. The lowest BCUT2D eigenvalue weighted by molar-refractivity contribution is -0.134. The van der Waals surface area contributed by atoms with Gasteiger partial charge in [0.25, 0.3) is 0 Å². The van der Waals surface area contributed by atoms with Crippen LogP contribution in [0.15, 0.2) is 59.8 Å². The number of likely N-dealkylation sites (N-methyl/N-ethyl adjacent to an activating group) is 1. The van der Waals surface area contributed by atoms with E-state index in [0.717, 1.165) is 16.5 Å². The molecule has 48 heavy (non-hydrogen) atoms. The van der Waals surface area contributed by atoms with Crippen LogP contribution in [0.3, 0.4) is 0 Å². The second kappa shape index (κ2) is 20.1. The summed E-state index contributed by atoms with van der Waals surface area (Å²) in [4.78, 5) is 72.7. The van der Waals surface area contributed by atoms with Crippen LogP contribution in [0.25, 0.3) is 10.9 Å². The molecule has 0 bridgehead atoms. The fourth-order valence-corrected chi connectivity index (χ4v) is 4.87. The molecule has 1 aromatic heterocycles. The minimum atomic E-state index is -1.15. The lowest BCUT2D eigenvalue weighted by Crippen LogP contribution is -2.58. The number of aromatic amines is 1. The normalized spacial score (nSPS) is 14.5. The van der Waals surface area contributed by atoms with Crippen molar-refractivity contribution in [3.05, 3.63) is 60.3 Å². The fourth-order valence-electron chi connectivity index (χ4n) is 4.87. The number of para-hydroxylation sites is 1. The Hall–Kier alpha value is -5.18. The number of carbonyl (C=O) groups excluding carboxylic acids is 5. The smallest absolute Gasteiger partial charge is 0.243 e. The molecule has 1 heterocycles. The van der Waals surface area contributed by atoms with Crippen LogP contribution in [-0.2, 0) is 30.4 Å². The molecule has 0 saturated heterocycles. The molecule has 5 amide bonds. The van der Waals surface area contributed by atoms with E-state index in [2.05, 4.69) is 36.6 Å². The van der Waals surface area contributed by atoms with Crippen molar-refractivity contribution in [1.82, 2.24) is 31.6 Å². The van der Waals surface area contributed by atoms with Gasteiger partial charge >= 0.3 is 0 Å². The van der Waals surface area contributed by atoms with Crippen LogP contribution in [0.2, 0.25) is 0 Å². The lowest BCUT2D eigenvalue weighted by Gasteiger charge is -2.26. The van der Waals surface area contributed by atoms with E-state index in [4.69, 9.17) is 17.2 Å². The van der Waals surface area contributed by atoms with Gasteiger partial charge in [-0.3, -0.25) is 29.0 Å². The van der Waals surface area contributed by atoms with Gasteiger partial charge in [-0.05, 0) is 65.1 Å². The zero-order valence-electron chi connectivity index (χ0n) is 28.0. The Morgan fingerprint density at radius 1 is 0.812 bits per heavy atom. The summed E-state index contributed by atoms with van der Waals surface area (Å²) in [6, 6.07) is 2.67. The Kier molecular flexibility index (Phi) is 16.4.